The summed E-state index contributed by atoms with van der Waals surface area (Å²) in [6.07, 6.45) is 9.58. The van der Waals surface area contributed by atoms with E-state index in [2.05, 4.69) is 15.5 Å². The van der Waals surface area contributed by atoms with E-state index in [1.165, 1.54) is 42.6 Å². The van der Waals surface area contributed by atoms with Crippen molar-refractivity contribution >= 4 is 22.1 Å². The average Bonchev–Trinajstić information content (AvgIpc) is 2.55. The van der Waals surface area contributed by atoms with Gasteiger partial charge in [-0.1, -0.05) is 19.3 Å². The minimum Gasteiger partial charge on any atom is -0.262 e. The number of hydrogen-bond donors (Lipinski definition) is 1. The molecule has 7 heteroatoms. The van der Waals surface area contributed by atoms with Gasteiger partial charge in [-0.15, -0.1) is 0 Å². The number of anilines is 1. The van der Waals surface area contributed by atoms with Gasteiger partial charge in [-0.25, -0.2) is 13.4 Å². The molecule has 140 valence electrons. The van der Waals surface area contributed by atoms with E-state index in [-0.39, 0.29) is 17.0 Å². The third-order valence-electron chi connectivity index (χ3n) is 4.44. The number of rotatable bonds is 7. The minimum atomic E-state index is -3.55. The van der Waals surface area contributed by atoms with E-state index < -0.39 is 10.0 Å². The van der Waals surface area contributed by atoms with Gasteiger partial charge in [-0.3, -0.25) is 5.43 Å². The molecule has 1 N–H and O–H groups in total. The topological polar surface area (TPSA) is 74.7 Å². The molecule has 1 fully saturated rings. The van der Waals surface area contributed by atoms with Gasteiger partial charge in [0, 0.05) is 24.5 Å². The van der Waals surface area contributed by atoms with E-state index in [1.807, 2.05) is 33.9 Å². The average molecular weight is 367 g/mol. The van der Waals surface area contributed by atoms with Crippen molar-refractivity contribution in [2.45, 2.75) is 76.8 Å². The van der Waals surface area contributed by atoms with Crippen LogP contribution in [0.15, 0.2) is 28.3 Å². The Kier molecular flexibility index (Phi) is 6.95. The third kappa shape index (κ3) is 5.25. The van der Waals surface area contributed by atoms with Crippen LogP contribution in [0.5, 0.6) is 0 Å². The van der Waals surface area contributed by atoms with Gasteiger partial charge >= 0.3 is 0 Å². The summed E-state index contributed by atoms with van der Waals surface area (Å²) in [5, 5.41) is 4.25. The van der Waals surface area contributed by atoms with Gasteiger partial charge in [0.05, 0.1) is 0 Å². The van der Waals surface area contributed by atoms with Crippen LogP contribution in [0, 0.1) is 5.92 Å². The number of nitrogens with one attached hydrogen (secondary N) is 1. The Bertz CT molecular complexity index is 655. The maximum atomic E-state index is 12.8. The summed E-state index contributed by atoms with van der Waals surface area (Å²) in [7, 11) is -3.55. The molecule has 1 aromatic rings. The fourth-order valence-corrected chi connectivity index (χ4v) is 5.14. The number of aromatic nitrogens is 1. The van der Waals surface area contributed by atoms with E-state index in [9.17, 15) is 8.42 Å². The Hall–Kier alpha value is -1.47. The Morgan fingerprint density at radius 2 is 1.80 bits per heavy atom. The molecular formula is C18H30N4O2S. The number of nitrogens with zero attached hydrogens (tertiary/aromatic N) is 3. The second kappa shape index (κ2) is 8.76. The smallest absolute Gasteiger partial charge is 0.245 e. The second-order valence-corrected chi connectivity index (χ2v) is 9.03. The van der Waals surface area contributed by atoms with Crippen LogP contribution in [0.1, 0.15) is 59.8 Å². The summed E-state index contributed by atoms with van der Waals surface area (Å²) in [4.78, 5) is 4.40. The summed E-state index contributed by atoms with van der Waals surface area (Å²) in [6, 6.07) is 3.02. The first-order valence-corrected chi connectivity index (χ1v) is 10.5. The molecule has 1 aliphatic rings. The number of hydrazone groups is 1. The molecule has 2 rings (SSSR count). The summed E-state index contributed by atoms with van der Waals surface area (Å²) in [5.41, 5.74) is 2.90. The molecule has 1 aromatic heterocycles. The molecule has 6 nitrogen and oxygen atoms in total. The molecule has 1 saturated carbocycles. The molecule has 0 atom stereocenters. The maximum absolute atomic E-state index is 12.8. The van der Waals surface area contributed by atoms with Crippen LogP contribution in [0.3, 0.4) is 0 Å². The quantitative estimate of drug-likeness (QED) is 0.587. The zero-order chi connectivity index (χ0) is 18.4. The van der Waals surface area contributed by atoms with Gasteiger partial charge in [-0.05, 0) is 58.6 Å². The van der Waals surface area contributed by atoms with Crippen molar-refractivity contribution in [1.29, 1.82) is 0 Å². The summed E-state index contributed by atoms with van der Waals surface area (Å²) in [5.74, 6) is 1.08. The predicted molar refractivity (Wildman–Crippen MR) is 102 cm³/mol. The molecule has 0 amide bonds. The van der Waals surface area contributed by atoms with Crippen molar-refractivity contribution in [3.8, 4) is 0 Å². The maximum Gasteiger partial charge on any atom is 0.245 e. The molecule has 0 spiro atoms. The Labute approximate surface area is 151 Å². The van der Waals surface area contributed by atoms with Gasteiger partial charge in [0.15, 0.2) is 0 Å². The van der Waals surface area contributed by atoms with Gasteiger partial charge in [0.1, 0.15) is 10.7 Å². The molecule has 0 bridgehead atoms. The lowest BCUT2D eigenvalue weighted by Gasteiger charge is -2.29. The van der Waals surface area contributed by atoms with Crippen molar-refractivity contribution in [1.82, 2.24) is 9.29 Å². The van der Waals surface area contributed by atoms with Gasteiger partial charge in [0.2, 0.25) is 10.0 Å². The van der Waals surface area contributed by atoms with Crippen molar-refractivity contribution in [3.05, 3.63) is 18.3 Å². The minimum absolute atomic E-state index is 0.108. The highest BCUT2D eigenvalue weighted by Crippen LogP contribution is 2.23. The normalized spacial score (nSPS) is 17.1. The molecule has 0 aliphatic heterocycles. The first-order valence-electron chi connectivity index (χ1n) is 9.11. The Balaban J connectivity index is 2.04. The molecule has 1 heterocycles. The highest BCUT2D eigenvalue weighted by Gasteiger charge is 2.29. The van der Waals surface area contributed by atoms with Crippen LogP contribution in [0.2, 0.25) is 0 Å². The Morgan fingerprint density at radius 1 is 1.16 bits per heavy atom. The van der Waals surface area contributed by atoms with Gasteiger partial charge < -0.3 is 0 Å². The number of hydrogen-bond acceptors (Lipinski definition) is 5. The van der Waals surface area contributed by atoms with Crippen LogP contribution in [0.25, 0.3) is 0 Å². The van der Waals surface area contributed by atoms with Crippen molar-refractivity contribution in [2.75, 3.05) is 5.43 Å². The van der Waals surface area contributed by atoms with E-state index >= 15 is 0 Å². The molecule has 0 unspecified atom stereocenters. The van der Waals surface area contributed by atoms with Crippen LogP contribution in [-0.4, -0.2) is 36.0 Å². The fourth-order valence-electron chi connectivity index (χ4n) is 3.36. The van der Waals surface area contributed by atoms with Gasteiger partial charge in [0.25, 0.3) is 0 Å². The highest BCUT2D eigenvalue weighted by molar-refractivity contribution is 7.89. The molecule has 0 radical (unpaired) electrons. The van der Waals surface area contributed by atoms with Crippen LogP contribution in [0.4, 0.5) is 5.82 Å². The zero-order valence-electron chi connectivity index (χ0n) is 15.6. The summed E-state index contributed by atoms with van der Waals surface area (Å²) >= 11 is 0. The standard InChI is InChI=1S/C18H30N4O2S/c1-14(2)22(15(3)4)25(23,24)17-10-11-18(19-13-17)21-20-12-16-8-6-5-7-9-16/h10-16H,5-9H2,1-4H3,(H,19,21)/b20-12-. The number of pyridine rings is 1. The predicted octanol–water partition coefficient (Wildman–Crippen LogP) is 3.87. The van der Waals surface area contributed by atoms with Crippen LogP contribution >= 0.6 is 0 Å². The van der Waals surface area contributed by atoms with Crippen LogP contribution in [-0.2, 0) is 10.0 Å². The second-order valence-electron chi connectivity index (χ2n) is 7.19. The zero-order valence-corrected chi connectivity index (χ0v) is 16.5. The molecule has 0 saturated heterocycles. The van der Waals surface area contributed by atoms with E-state index in [0.717, 1.165) is 0 Å². The Morgan fingerprint density at radius 3 is 2.32 bits per heavy atom. The first-order chi connectivity index (χ1) is 11.8. The monoisotopic (exact) mass is 366 g/mol. The van der Waals surface area contributed by atoms with Crippen LogP contribution < -0.4 is 5.43 Å². The highest BCUT2D eigenvalue weighted by atomic mass is 32.2. The molecular weight excluding hydrogens is 336 g/mol. The fraction of sp³-hybridized carbons (Fsp3) is 0.667. The van der Waals surface area contributed by atoms with Crippen molar-refractivity contribution in [2.24, 2.45) is 11.0 Å². The van der Waals surface area contributed by atoms with E-state index in [0.29, 0.717) is 11.7 Å². The summed E-state index contributed by atoms with van der Waals surface area (Å²) in [6.45, 7) is 7.50. The molecule has 0 aromatic carbocycles. The largest absolute Gasteiger partial charge is 0.262 e. The number of sulfonamides is 1. The van der Waals surface area contributed by atoms with Gasteiger partial charge in [-0.2, -0.15) is 9.41 Å². The molecule has 25 heavy (non-hydrogen) atoms. The van der Waals surface area contributed by atoms with Crippen molar-refractivity contribution < 1.29 is 8.42 Å². The van der Waals surface area contributed by atoms with E-state index in [4.69, 9.17) is 0 Å². The first kappa shape index (κ1) is 19.8. The van der Waals surface area contributed by atoms with Crippen molar-refractivity contribution in [3.63, 3.8) is 0 Å². The van der Waals surface area contributed by atoms with E-state index in [1.54, 1.807) is 12.1 Å². The SMILES string of the molecule is CC(C)N(C(C)C)S(=O)(=O)c1ccc(N/N=C\C2CCCCC2)nc1. The lowest BCUT2D eigenvalue weighted by atomic mass is 9.90. The summed E-state index contributed by atoms with van der Waals surface area (Å²) < 4.78 is 27.1. The lowest BCUT2D eigenvalue weighted by molar-refractivity contribution is 0.302. The third-order valence-corrected chi connectivity index (χ3v) is 6.68. The molecule has 1 aliphatic carbocycles. The lowest BCUT2D eigenvalue weighted by Crippen LogP contribution is -2.41.